The van der Waals surface area contributed by atoms with Gasteiger partial charge in [-0.05, 0) is 61.4 Å². The van der Waals surface area contributed by atoms with E-state index in [1.165, 1.54) is 11.9 Å². The van der Waals surface area contributed by atoms with Crippen LogP contribution in [0, 0.1) is 17.2 Å². The topological polar surface area (TPSA) is 74.0 Å². The standard InChI is InChI=1S/C20H24ClN5OS/c1-15-6-11-26(12-7-15)20(27)17(8-13-25-10-3-4-16(25)14-22)24-28-18-5-2-9-23-19(18)21/h2-5,9-10,15,17,24H,6-8,11-13H2,1H3. The second kappa shape index (κ2) is 9.97. The number of nitrogens with zero attached hydrogens (tertiary/aromatic N) is 4. The fraction of sp³-hybridized carbons (Fsp3) is 0.450. The van der Waals surface area contributed by atoms with Crippen LogP contribution in [0.4, 0.5) is 0 Å². The Bertz CT molecular complexity index is 835. The average molecular weight is 418 g/mol. The van der Waals surface area contributed by atoms with Crippen molar-refractivity contribution in [3.8, 4) is 6.07 Å². The van der Waals surface area contributed by atoms with Crippen molar-refractivity contribution in [2.45, 2.75) is 43.7 Å². The monoisotopic (exact) mass is 417 g/mol. The van der Waals surface area contributed by atoms with E-state index in [1.807, 2.05) is 33.9 Å². The molecule has 2 aromatic rings. The van der Waals surface area contributed by atoms with Gasteiger partial charge < -0.3 is 9.47 Å². The Labute approximate surface area is 175 Å². The third-order valence-corrected chi connectivity index (χ3v) is 6.40. The Balaban J connectivity index is 1.68. The minimum absolute atomic E-state index is 0.102. The number of carbonyl (C=O) groups excluding carboxylic acids is 1. The van der Waals surface area contributed by atoms with Gasteiger partial charge in [-0.15, -0.1) is 0 Å². The molecule has 0 saturated carbocycles. The Kier molecular flexibility index (Phi) is 7.37. The number of piperidine rings is 1. The van der Waals surface area contributed by atoms with Crippen LogP contribution in [0.15, 0.2) is 41.6 Å². The highest BCUT2D eigenvalue weighted by atomic mass is 35.5. The molecule has 148 valence electrons. The molecule has 0 bridgehead atoms. The SMILES string of the molecule is CC1CCN(C(=O)C(CCn2cccc2C#N)NSc2cccnc2Cl)CC1. The molecule has 1 fully saturated rings. The van der Waals surface area contributed by atoms with Crippen molar-refractivity contribution < 1.29 is 4.79 Å². The summed E-state index contributed by atoms with van der Waals surface area (Å²) in [7, 11) is 0. The predicted molar refractivity (Wildman–Crippen MR) is 111 cm³/mol. The molecule has 1 unspecified atom stereocenters. The number of hydrogen-bond acceptors (Lipinski definition) is 5. The minimum atomic E-state index is -0.372. The molecule has 3 heterocycles. The fourth-order valence-electron chi connectivity index (χ4n) is 3.24. The van der Waals surface area contributed by atoms with E-state index in [-0.39, 0.29) is 11.9 Å². The number of likely N-dealkylation sites (tertiary alicyclic amines) is 1. The van der Waals surface area contributed by atoms with Crippen molar-refractivity contribution >= 4 is 29.5 Å². The molecule has 1 aliphatic rings. The number of aromatic nitrogens is 2. The molecule has 1 aliphatic heterocycles. The number of carbonyl (C=O) groups is 1. The summed E-state index contributed by atoms with van der Waals surface area (Å²) < 4.78 is 5.17. The normalized spacial score (nSPS) is 16.0. The van der Waals surface area contributed by atoms with Crippen LogP contribution >= 0.6 is 23.5 Å². The third-order valence-electron chi connectivity index (χ3n) is 5.03. The molecule has 1 amide bonds. The molecule has 1 atom stereocenters. The van der Waals surface area contributed by atoms with Crippen LogP contribution in [0.3, 0.4) is 0 Å². The molecule has 1 N–H and O–H groups in total. The highest BCUT2D eigenvalue weighted by molar-refractivity contribution is 7.97. The number of aryl methyl sites for hydroxylation is 1. The van der Waals surface area contributed by atoms with E-state index in [0.717, 1.165) is 30.8 Å². The maximum absolute atomic E-state index is 13.2. The molecule has 0 radical (unpaired) electrons. The van der Waals surface area contributed by atoms with Crippen LogP contribution in [-0.2, 0) is 11.3 Å². The zero-order valence-corrected chi connectivity index (χ0v) is 17.4. The lowest BCUT2D eigenvalue weighted by molar-refractivity contribution is -0.134. The lowest BCUT2D eigenvalue weighted by Gasteiger charge is -2.33. The summed E-state index contributed by atoms with van der Waals surface area (Å²) in [6, 6.07) is 9.12. The van der Waals surface area contributed by atoms with Crippen LogP contribution < -0.4 is 4.72 Å². The second-order valence-electron chi connectivity index (χ2n) is 7.06. The molecule has 0 aromatic carbocycles. The zero-order chi connectivity index (χ0) is 19.9. The molecule has 28 heavy (non-hydrogen) atoms. The van der Waals surface area contributed by atoms with Crippen LogP contribution in [-0.4, -0.2) is 39.5 Å². The van der Waals surface area contributed by atoms with Gasteiger partial charge in [-0.2, -0.15) is 5.26 Å². The van der Waals surface area contributed by atoms with Gasteiger partial charge in [-0.1, -0.05) is 18.5 Å². The van der Waals surface area contributed by atoms with Gasteiger partial charge in [0.15, 0.2) is 0 Å². The highest BCUT2D eigenvalue weighted by Gasteiger charge is 2.27. The average Bonchev–Trinajstić information content (AvgIpc) is 3.17. The fourth-order valence-corrected chi connectivity index (χ4v) is 4.25. The van der Waals surface area contributed by atoms with Crippen molar-refractivity contribution in [1.82, 2.24) is 19.2 Å². The van der Waals surface area contributed by atoms with Crippen molar-refractivity contribution in [2.24, 2.45) is 5.92 Å². The number of rotatable bonds is 7. The van der Waals surface area contributed by atoms with Crippen LogP contribution in [0.5, 0.6) is 0 Å². The Hall–Kier alpha value is -2.01. The second-order valence-corrected chi connectivity index (χ2v) is 8.30. The van der Waals surface area contributed by atoms with Crippen molar-refractivity contribution in [3.05, 3.63) is 47.5 Å². The summed E-state index contributed by atoms with van der Waals surface area (Å²) in [5.41, 5.74) is 0.598. The van der Waals surface area contributed by atoms with E-state index in [2.05, 4.69) is 22.7 Å². The predicted octanol–water partition coefficient (Wildman–Crippen LogP) is 3.72. The van der Waals surface area contributed by atoms with Crippen molar-refractivity contribution in [3.63, 3.8) is 0 Å². The number of hydrogen-bond donors (Lipinski definition) is 1. The Morgan fingerprint density at radius 3 is 2.93 bits per heavy atom. The highest BCUT2D eigenvalue weighted by Crippen LogP contribution is 2.24. The van der Waals surface area contributed by atoms with Crippen LogP contribution in [0.25, 0.3) is 0 Å². The number of nitrogens with one attached hydrogen (secondary N) is 1. The van der Waals surface area contributed by atoms with Gasteiger partial charge in [0.25, 0.3) is 0 Å². The van der Waals surface area contributed by atoms with E-state index < -0.39 is 0 Å². The third kappa shape index (κ3) is 5.28. The first-order valence-electron chi connectivity index (χ1n) is 9.45. The summed E-state index contributed by atoms with van der Waals surface area (Å²) in [5, 5.41) is 9.62. The smallest absolute Gasteiger partial charge is 0.240 e. The molecule has 2 aromatic heterocycles. The van der Waals surface area contributed by atoms with Gasteiger partial charge in [0.1, 0.15) is 16.9 Å². The van der Waals surface area contributed by atoms with Crippen molar-refractivity contribution in [2.75, 3.05) is 13.1 Å². The first kappa shape index (κ1) is 20.7. The van der Waals surface area contributed by atoms with Gasteiger partial charge in [0.05, 0.1) is 10.9 Å². The van der Waals surface area contributed by atoms with E-state index >= 15 is 0 Å². The molecule has 8 heteroatoms. The van der Waals surface area contributed by atoms with Gasteiger partial charge in [-0.25, -0.2) is 9.71 Å². The number of nitriles is 1. The van der Waals surface area contributed by atoms with Gasteiger partial charge in [0, 0.05) is 32.0 Å². The lowest BCUT2D eigenvalue weighted by atomic mass is 9.98. The minimum Gasteiger partial charge on any atom is -0.341 e. The van der Waals surface area contributed by atoms with Gasteiger partial charge in [0.2, 0.25) is 5.91 Å². The zero-order valence-electron chi connectivity index (χ0n) is 15.8. The molecule has 0 spiro atoms. The molecule has 1 saturated heterocycles. The summed E-state index contributed by atoms with van der Waals surface area (Å²) in [4.78, 5) is 20.0. The Morgan fingerprint density at radius 1 is 1.43 bits per heavy atom. The molecular weight excluding hydrogens is 394 g/mol. The molecule has 3 rings (SSSR count). The van der Waals surface area contributed by atoms with E-state index in [9.17, 15) is 10.1 Å². The first-order chi connectivity index (χ1) is 13.6. The van der Waals surface area contributed by atoms with Crippen LogP contribution in [0.1, 0.15) is 31.9 Å². The maximum Gasteiger partial charge on any atom is 0.240 e. The summed E-state index contributed by atoms with van der Waals surface area (Å²) in [6.07, 6.45) is 6.17. The number of halogens is 1. The number of pyridine rings is 1. The van der Waals surface area contributed by atoms with E-state index in [4.69, 9.17) is 11.6 Å². The first-order valence-corrected chi connectivity index (χ1v) is 10.6. The Morgan fingerprint density at radius 2 is 2.21 bits per heavy atom. The van der Waals surface area contributed by atoms with Crippen LogP contribution in [0.2, 0.25) is 5.15 Å². The number of amides is 1. The van der Waals surface area contributed by atoms with E-state index in [1.54, 1.807) is 12.3 Å². The lowest BCUT2D eigenvalue weighted by Crippen LogP contribution is -2.47. The summed E-state index contributed by atoms with van der Waals surface area (Å²) in [6.45, 7) is 4.41. The summed E-state index contributed by atoms with van der Waals surface area (Å²) in [5.74, 6) is 0.766. The maximum atomic E-state index is 13.2. The van der Waals surface area contributed by atoms with Gasteiger partial charge in [-0.3, -0.25) is 4.79 Å². The molecule has 6 nitrogen and oxygen atoms in total. The van der Waals surface area contributed by atoms with E-state index in [0.29, 0.717) is 29.7 Å². The summed E-state index contributed by atoms with van der Waals surface area (Å²) >= 11 is 7.47. The quantitative estimate of drug-likeness (QED) is 0.549. The van der Waals surface area contributed by atoms with Gasteiger partial charge >= 0.3 is 0 Å². The molecule has 0 aliphatic carbocycles. The molecular formula is C20H24ClN5OS. The largest absolute Gasteiger partial charge is 0.341 e. The van der Waals surface area contributed by atoms with Crippen molar-refractivity contribution in [1.29, 1.82) is 5.26 Å².